The lowest BCUT2D eigenvalue weighted by Gasteiger charge is -2.25. The average molecular weight is 223 g/mol. The van der Waals surface area contributed by atoms with Crippen LogP contribution in [0, 0.1) is 0 Å². The van der Waals surface area contributed by atoms with Gasteiger partial charge in [0, 0.05) is 41.9 Å². The molecule has 82 valence electrons. The summed E-state index contributed by atoms with van der Waals surface area (Å²) in [6, 6.07) is 10.6. The summed E-state index contributed by atoms with van der Waals surface area (Å²) < 4.78 is 11.2. The lowest BCUT2D eigenvalue weighted by Crippen LogP contribution is -2.38. The molecule has 0 N–H and O–H groups in total. The van der Waals surface area contributed by atoms with Gasteiger partial charge in [-0.15, -0.1) is 0 Å². The second-order valence-corrected chi connectivity index (χ2v) is 5.62. The minimum atomic E-state index is -0.551. The fourth-order valence-electron chi connectivity index (χ4n) is 1.83. The summed E-state index contributed by atoms with van der Waals surface area (Å²) in [6.45, 7) is 3.10. The molecule has 1 heterocycles. The van der Waals surface area contributed by atoms with Gasteiger partial charge >= 0.3 is 0 Å². The largest absolute Gasteiger partial charge is 0.301 e. The molecule has 0 spiro atoms. The second-order valence-electron chi connectivity index (χ2n) is 3.93. The van der Waals surface area contributed by atoms with E-state index >= 15 is 0 Å². The zero-order valence-electron chi connectivity index (χ0n) is 8.89. The Bertz CT molecular complexity index is 316. The maximum absolute atomic E-state index is 11.2. The molecule has 1 fully saturated rings. The molecule has 1 aliphatic rings. The predicted octanol–water partition coefficient (Wildman–Crippen LogP) is 1.29. The highest BCUT2D eigenvalue weighted by atomic mass is 32.2. The lowest BCUT2D eigenvalue weighted by atomic mass is 10.1. The number of hydrogen-bond donors (Lipinski definition) is 0. The Labute approximate surface area is 93.7 Å². The number of rotatable bonds is 3. The zero-order chi connectivity index (χ0) is 10.5. The van der Waals surface area contributed by atoms with E-state index < -0.39 is 10.8 Å². The van der Waals surface area contributed by atoms with Crippen molar-refractivity contribution in [1.29, 1.82) is 0 Å². The highest BCUT2D eigenvalue weighted by Crippen LogP contribution is 2.04. The summed E-state index contributed by atoms with van der Waals surface area (Å²) in [6.07, 6.45) is 1.10. The zero-order valence-corrected chi connectivity index (χ0v) is 9.71. The molecular weight excluding hydrogens is 206 g/mol. The molecular formula is C12H17NOS. The van der Waals surface area contributed by atoms with Crippen molar-refractivity contribution in [2.24, 2.45) is 0 Å². The molecule has 1 aromatic carbocycles. The fraction of sp³-hybridized carbons (Fsp3) is 0.500. The molecule has 0 radical (unpaired) electrons. The van der Waals surface area contributed by atoms with Gasteiger partial charge in [0.25, 0.3) is 0 Å². The molecule has 0 aromatic heterocycles. The van der Waals surface area contributed by atoms with E-state index in [1.165, 1.54) is 5.56 Å². The number of nitrogens with zero attached hydrogens (tertiary/aromatic N) is 1. The summed E-state index contributed by atoms with van der Waals surface area (Å²) >= 11 is 0. The van der Waals surface area contributed by atoms with Gasteiger partial charge in [0.15, 0.2) is 0 Å². The number of hydrogen-bond acceptors (Lipinski definition) is 2. The van der Waals surface area contributed by atoms with E-state index in [1.807, 2.05) is 6.07 Å². The van der Waals surface area contributed by atoms with Crippen LogP contribution in [0.3, 0.4) is 0 Å². The van der Waals surface area contributed by atoms with Crippen molar-refractivity contribution in [3.63, 3.8) is 0 Å². The molecule has 1 aliphatic heterocycles. The van der Waals surface area contributed by atoms with Crippen molar-refractivity contribution in [3.05, 3.63) is 35.9 Å². The molecule has 1 saturated heterocycles. The van der Waals surface area contributed by atoms with Crippen molar-refractivity contribution in [2.45, 2.75) is 6.42 Å². The highest BCUT2D eigenvalue weighted by Gasteiger charge is 2.14. The topological polar surface area (TPSA) is 20.3 Å². The van der Waals surface area contributed by atoms with Crippen molar-refractivity contribution in [1.82, 2.24) is 4.90 Å². The quantitative estimate of drug-likeness (QED) is 0.769. The van der Waals surface area contributed by atoms with Crippen LogP contribution in [-0.2, 0) is 17.2 Å². The Morgan fingerprint density at radius 2 is 1.80 bits per heavy atom. The van der Waals surface area contributed by atoms with Gasteiger partial charge in [-0.3, -0.25) is 4.21 Å². The van der Waals surface area contributed by atoms with E-state index in [4.69, 9.17) is 0 Å². The van der Waals surface area contributed by atoms with Gasteiger partial charge in [-0.05, 0) is 12.0 Å². The van der Waals surface area contributed by atoms with Crippen LogP contribution < -0.4 is 0 Å². The molecule has 0 aliphatic carbocycles. The first-order chi connectivity index (χ1) is 7.34. The van der Waals surface area contributed by atoms with Gasteiger partial charge in [0.2, 0.25) is 0 Å². The van der Waals surface area contributed by atoms with E-state index in [2.05, 4.69) is 29.2 Å². The maximum atomic E-state index is 11.2. The molecule has 0 bridgehead atoms. The van der Waals surface area contributed by atoms with E-state index in [0.717, 1.165) is 37.6 Å². The Morgan fingerprint density at radius 3 is 2.47 bits per heavy atom. The van der Waals surface area contributed by atoms with Gasteiger partial charge in [-0.2, -0.15) is 0 Å². The summed E-state index contributed by atoms with van der Waals surface area (Å²) in [5, 5.41) is 0. The van der Waals surface area contributed by atoms with Gasteiger partial charge in [-0.1, -0.05) is 30.3 Å². The summed E-state index contributed by atoms with van der Waals surface area (Å²) in [5.74, 6) is 1.71. The van der Waals surface area contributed by atoms with Crippen molar-refractivity contribution in [3.8, 4) is 0 Å². The van der Waals surface area contributed by atoms with Crippen molar-refractivity contribution < 1.29 is 4.21 Å². The summed E-state index contributed by atoms with van der Waals surface area (Å²) in [7, 11) is -0.551. The molecule has 15 heavy (non-hydrogen) atoms. The smallest absolute Gasteiger partial charge is 0.0363 e. The first kappa shape index (κ1) is 10.8. The first-order valence-corrected chi connectivity index (χ1v) is 6.94. The van der Waals surface area contributed by atoms with Crippen molar-refractivity contribution in [2.75, 3.05) is 31.1 Å². The first-order valence-electron chi connectivity index (χ1n) is 5.46. The third-order valence-corrected chi connectivity index (χ3v) is 4.11. The second kappa shape index (κ2) is 5.42. The van der Waals surface area contributed by atoms with Gasteiger partial charge in [0.05, 0.1) is 0 Å². The van der Waals surface area contributed by atoms with Crippen LogP contribution in [0.2, 0.25) is 0 Å². The molecule has 3 heteroatoms. The molecule has 0 unspecified atom stereocenters. The average Bonchev–Trinajstić information content (AvgIpc) is 2.30. The SMILES string of the molecule is O=S1CCN(CCc2ccccc2)CC1. The minimum absolute atomic E-state index is 0.551. The van der Waals surface area contributed by atoms with E-state index in [9.17, 15) is 4.21 Å². The molecule has 2 rings (SSSR count). The molecule has 0 amide bonds. The molecule has 0 saturated carbocycles. The van der Waals surface area contributed by atoms with Crippen molar-refractivity contribution >= 4 is 10.8 Å². The number of benzene rings is 1. The molecule has 1 aromatic rings. The third-order valence-electron chi connectivity index (χ3n) is 2.83. The van der Waals surface area contributed by atoms with Crippen LogP contribution in [0.1, 0.15) is 5.56 Å². The monoisotopic (exact) mass is 223 g/mol. The van der Waals surface area contributed by atoms with Gasteiger partial charge < -0.3 is 4.90 Å². The van der Waals surface area contributed by atoms with E-state index in [1.54, 1.807) is 0 Å². The standard InChI is InChI=1S/C12H17NOS/c14-15-10-8-13(9-11-15)7-6-12-4-2-1-3-5-12/h1-5H,6-11H2. The highest BCUT2D eigenvalue weighted by molar-refractivity contribution is 7.85. The molecule has 2 nitrogen and oxygen atoms in total. The summed E-state index contributed by atoms with van der Waals surface area (Å²) in [4.78, 5) is 2.41. The Balaban J connectivity index is 1.77. The Kier molecular flexibility index (Phi) is 3.92. The van der Waals surface area contributed by atoms with Crippen LogP contribution in [0.25, 0.3) is 0 Å². The predicted molar refractivity (Wildman–Crippen MR) is 64.5 cm³/mol. The van der Waals surface area contributed by atoms with Crippen LogP contribution in [-0.4, -0.2) is 40.2 Å². The van der Waals surface area contributed by atoms with Gasteiger partial charge in [0.1, 0.15) is 0 Å². The van der Waals surface area contributed by atoms with Gasteiger partial charge in [-0.25, -0.2) is 0 Å². The molecule has 0 atom stereocenters. The van der Waals surface area contributed by atoms with Crippen LogP contribution >= 0.6 is 0 Å². The normalized spacial score (nSPS) is 19.2. The Morgan fingerprint density at radius 1 is 1.13 bits per heavy atom. The summed E-state index contributed by atoms with van der Waals surface area (Å²) in [5.41, 5.74) is 1.39. The third kappa shape index (κ3) is 3.43. The van der Waals surface area contributed by atoms with E-state index in [0.29, 0.717) is 0 Å². The van der Waals surface area contributed by atoms with Crippen LogP contribution in [0.4, 0.5) is 0 Å². The van der Waals surface area contributed by atoms with Crippen LogP contribution in [0.15, 0.2) is 30.3 Å². The fourth-order valence-corrected chi connectivity index (χ4v) is 2.96. The van der Waals surface area contributed by atoms with E-state index in [-0.39, 0.29) is 0 Å². The van der Waals surface area contributed by atoms with Crippen LogP contribution in [0.5, 0.6) is 0 Å². The maximum Gasteiger partial charge on any atom is 0.0363 e. The minimum Gasteiger partial charge on any atom is -0.301 e. The Hall–Kier alpha value is -0.670. The lowest BCUT2D eigenvalue weighted by molar-refractivity contribution is 0.303.